The van der Waals surface area contributed by atoms with E-state index >= 15 is 0 Å². The number of alkyl halides is 2. The van der Waals surface area contributed by atoms with Crippen LogP contribution in [0.2, 0.25) is 0 Å². The summed E-state index contributed by atoms with van der Waals surface area (Å²) in [5, 5.41) is 21.3. The van der Waals surface area contributed by atoms with Crippen molar-refractivity contribution < 1.29 is 57.1 Å². The van der Waals surface area contributed by atoms with Crippen LogP contribution in [0.15, 0.2) is 71.7 Å². The van der Waals surface area contributed by atoms with Crippen molar-refractivity contribution in [1.29, 1.82) is 0 Å². The second-order valence-electron chi connectivity index (χ2n) is 9.47. The van der Waals surface area contributed by atoms with Crippen LogP contribution in [0.3, 0.4) is 0 Å². The van der Waals surface area contributed by atoms with Gasteiger partial charge in [0.05, 0.1) is 6.61 Å². The lowest BCUT2D eigenvalue weighted by Crippen LogP contribution is -2.36. The number of nitrogens with one attached hydrogen (secondary N) is 1. The van der Waals surface area contributed by atoms with Gasteiger partial charge >= 0.3 is 32.5 Å². The number of aromatic amines is 1. The van der Waals surface area contributed by atoms with Crippen molar-refractivity contribution in [2.45, 2.75) is 34.3 Å². The molecule has 4 rings (SSSR count). The molecule has 1 aliphatic heterocycles. The van der Waals surface area contributed by atoms with Gasteiger partial charge in [-0.1, -0.05) is 96.1 Å². The van der Waals surface area contributed by atoms with Crippen LogP contribution < -0.4 is 5.69 Å². The second kappa shape index (κ2) is 13.3. The van der Waals surface area contributed by atoms with Gasteiger partial charge in [-0.05, 0) is 11.1 Å². The summed E-state index contributed by atoms with van der Waals surface area (Å²) >= 11 is 16.0. The molecule has 0 aliphatic carbocycles. The van der Waals surface area contributed by atoms with Crippen molar-refractivity contribution in [3.05, 3.63) is 98.7 Å². The largest absolute Gasteiger partial charge is 0.479 e. The highest BCUT2D eigenvalue weighted by atomic mass is 35.5. The van der Waals surface area contributed by atoms with Crippen LogP contribution in [0.1, 0.15) is 28.8 Å². The third-order valence-electron chi connectivity index (χ3n) is 6.49. The number of hydrogen-bond acceptors (Lipinski definition) is 10. The van der Waals surface area contributed by atoms with Gasteiger partial charge in [0, 0.05) is 17.7 Å². The number of benzene rings is 2. The first-order valence-electron chi connectivity index (χ1n) is 12.3. The maximum atomic E-state index is 13.0. The van der Waals surface area contributed by atoms with Gasteiger partial charge in [0.2, 0.25) is 0 Å². The predicted molar refractivity (Wildman–Crippen MR) is 159 cm³/mol. The summed E-state index contributed by atoms with van der Waals surface area (Å²) in [4.78, 5) is 53.4. The molecule has 6 atom stereocenters. The fourth-order valence-electron chi connectivity index (χ4n) is 4.38. The highest BCUT2D eigenvalue weighted by Gasteiger charge is 2.62. The number of halogens is 2. The highest BCUT2D eigenvalue weighted by Crippen LogP contribution is 2.79. The summed E-state index contributed by atoms with van der Waals surface area (Å²) in [6.07, 6.45) is -5.51. The molecule has 0 saturated carbocycles. The summed E-state index contributed by atoms with van der Waals surface area (Å²) in [6.45, 7) is -1.09. The molecule has 7 N–H and O–H groups in total. The number of ether oxygens (including phenoxy) is 1. The molecule has 0 amide bonds. The molecule has 2 heterocycles. The molecule has 1 fully saturated rings. The highest BCUT2D eigenvalue weighted by molar-refractivity contribution is 7.81. The van der Waals surface area contributed by atoms with E-state index in [9.17, 15) is 38.5 Å². The van der Waals surface area contributed by atoms with E-state index < -0.39 is 69.6 Å². The first-order chi connectivity index (χ1) is 20.4. The standard InChI is InChI=1S/C23H25Cl2N2O13P3S/c24-23(25,41(31,32)33)42(34,35)40-43(36,37)38-12-16-18(28)19(29)21(39-16)27-11-15(20(44)26-22(27)30)17(13-7-3-1-4-8-13)14-9-5-2-6-10-14/h1-11,16-19,21,28-29H,12H2,(H,34,35)(H,36,37)(H,26,30,44)(H2,31,32,33)/t16-,18-,19-,21-/m1/s1. The minimum atomic E-state index is -5.95. The minimum absolute atomic E-state index is 0.0913. The Kier molecular flexibility index (Phi) is 10.7. The quantitative estimate of drug-likeness (QED) is 0.0851. The lowest BCUT2D eigenvalue weighted by atomic mass is 9.86. The van der Waals surface area contributed by atoms with Gasteiger partial charge in [-0.15, -0.1) is 0 Å². The molecule has 3 aromatic rings. The van der Waals surface area contributed by atoms with Crippen LogP contribution in [-0.2, 0) is 27.3 Å². The van der Waals surface area contributed by atoms with Gasteiger partial charge in [0.15, 0.2) is 6.23 Å². The van der Waals surface area contributed by atoms with Gasteiger partial charge in [0.1, 0.15) is 23.0 Å². The summed E-state index contributed by atoms with van der Waals surface area (Å²) in [6, 6.07) is 18.4. The van der Waals surface area contributed by atoms with Crippen molar-refractivity contribution in [2.24, 2.45) is 0 Å². The number of H-pyrrole nitrogens is 1. The number of aliphatic hydroxyl groups is 2. The van der Waals surface area contributed by atoms with Crippen LogP contribution in [0, 0.1) is 4.64 Å². The molecule has 0 bridgehead atoms. The first kappa shape index (κ1) is 35.3. The third kappa shape index (κ3) is 7.37. The van der Waals surface area contributed by atoms with E-state index in [0.29, 0.717) is 5.56 Å². The maximum Gasteiger partial charge on any atom is 0.479 e. The number of hydrogen-bond donors (Lipinski definition) is 7. The van der Waals surface area contributed by atoms with Crippen molar-refractivity contribution in [2.75, 3.05) is 6.61 Å². The average Bonchev–Trinajstić information content (AvgIpc) is 3.22. The summed E-state index contributed by atoms with van der Waals surface area (Å²) in [5.74, 6) is -0.480. The zero-order valence-electron chi connectivity index (χ0n) is 21.9. The molecule has 2 unspecified atom stereocenters. The van der Waals surface area contributed by atoms with Gasteiger partial charge in [-0.3, -0.25) is 23.2 Å². The fourth-order valence-corrected chi connectivity index (χ4v) is 8.87. The monoisotopic (exact) mass is 732 g/mol. The van der Waals surface area contributed by atoms with Crippen LogP contribution >= 0.6 is 58.4 Å². The van der Waals surface area contributed by atoms with Crippen molar-refractivity contribution in [3.8, 4) is 0 Å². The second-order valence-corrected chi connectivity index (χ2v) is 17.9. The Morgan fingerprint density at radius 2 is 1.48 bits per heavy atom. The van der Waals surface area contributed by atoms with Crippen molar-refractivity contribution >= 4 is 58.4 Å². The molecule has 2 aromatic carbocycles. The summed E-state index contributed by atoms with van der Waals surface area (Å²) in [5.41, 5.74) is 1.25. The van der Waals surface area contributed by atoms with Gasteiger partial charge < -0.3 is 34.5 Å². The fraction of sp³-hybridized carbons (Fsp3) is 0.304. The van der Waals surface area contributed by atoms with E-state index in [1.807, 2.05) is 60.7 Å². The lowest BCUT2D eigenvalue weighted by Gasteiger charge is -2.26. The van der Waals surface area contributed by atoms with E-state index in [4.69, 9.17) is 49.9 Å². The van der Waals surface area contributed by atoms with Crippen molar-refractivity contribution in [3.63, 3.8) is 0 Å². The molecule has 0 radical (unpaired) electrons. The minimum Gasteiger partial charge on any atom is -0.387 e. The third-order valence-corrected chi connectivity index (χ3v) is 14.5. The molecule has 44 heavy (non-hydrogen) atoms. The first-order valence-corrected chi connectivity index (χ1v) is 18.1. The topological polar surface area (TPSA) is 238 Å². The number of aromatic nitrogens is 2. The molecule has 1 aliphatic rings. The number of rotatable bonds is 11. The molecular formula is C23H25Cl2N2O13P3S. The number of nitrogens with zero attached hydrogens (tertiary/aromatic N) is 1. The number of phosphoric acid groups is 1. The Morgan fingerprint density at radius 1 is 0.955 bits per heavy atom. The van der Waals surface area contributed by atoms with E-state index in [0.717, 1.165) is 15.7 Å². The van der Waals surface area contributed by atoms with Crippen LogP contribution in [0.4, 0.5) is 0 Å². The normalized spacial score (nSPS) is 23.8. The Morgan fingerprint density at radius 3 is 1.98 bits per heavy atom. The zero-order chi connectivity index (χ0) is 32.7. The van der Waals surface area contributed by atoms with Gasteiger partial charge in [-0.2, -0.15) is 0 Å². The van der Waals surface area contributed by atoms with Crippen molar-refractivity contribution in [1.82, 2.24) is 9.55 Å². The molecule has 240 valence electrons. The van der Waals surface area contributed by atoms with E-state index in [1.165, 1.54) is 6.20 Å². The van der Waals surface area contributed by atoms with E-state index in [-0.39, 0.29) is 4.64 Å². The SMILES string of the molecule is O=c1[nH]c(=S)c(C(c2ccccc2)c2ccccc2)cn1[C@@H]1O[C@H](COP(=O)(O)OP(=O)(O)C(Cl)(Cl)P(=O)(O)O)[C@@H](O)[C@H]1O. The Hall–Kier alpha value is -1.55. The van der Waals surface area contributed by atoms with E-state index in [2.05, 4.69) is 13.8 Å². The molecular weight excluding hydrogens is 708 g/mol. The summed E-state index contributed by atoms with van der Waals surface area (Å²) in [7, 11) is -17.4. The Bertz CT molecular complexity index is 1720. The molecule has 21 heteroatoms. The molecule has 1 aromatic heterocycles. The Labute approximate surface area is 263 Å². The predicted octanol–water partition coefficient (Wildman–Crippen LogP) is 3.29. The van der Waals surface area contributed by atoms with Crippen LogP contribution in [-0.4, -0.2) is 68.1 Å². The van der Waals surface area contributed by atoms with Gasteiger partial charge in [0.25, 0.3) is 0 Å². The maximum absolute atomic E-state index is 13.0. The average molecular weight is 733 g/mol. The lowest BCUT2D eigenvalue weighted by molar-refractivity contribution is -0.0542. The van der Waals surface area contributed by atoms with Gasteiger partial charge in [-0.25, -0.2) is 13.7 Å². The van der Waals surface area contributed by atoms with E-state index in [1.54, 1.807) is 0 Å². The summed E-state index contributed by atoms with van der Waals surface area (Å²) < 4.78 is 47.2. The zero-order valence-corrected chi connectivity index (χ0v) is 27.0. The molecule has 15 nitrogen and oxygen atoms in total. The number of aliphatic hydroxyl groups excluding tert-OH is 2. The Balaban J connectivity index is 1.60. The molecule has 1 saturated heterocycles. The number of phosphoric ester groups is 1. The van der Waals surface area contributed by atoms with Crippen LogP contribution in [0.5, 0.6) is 0 Å². The molecule has 0 spiro atoms. The van der Waals surface area contributed by atoms with Crippen LogP contribution in [0.25, 0.3) is 0 Å². The smallest absolute Gasteiger partial charge is 0.387 e.